The van der Waals surface area contributed by atoms with Crippen LogP contribution in [0.5, 0.6) is 0 Å². The Bertz CT molecular complexity index is 450. The number of nitrogens with two attached hydrogens (primary N) is 1. The van der Waals surface area contributed by atoms with E-state index in [-0.39, 0.29) is 11.6 Å². The lowest BCUT2D eigenvalue weighted by Crippen LogP contribution is -2.30. The third kappa shape index (κ3) is 2.31. The first-order valence-electron chi connectivity index (χ1n) is 6.21. The third-order valence-corrected chi connectivity index (χ3v) is 3.54. The fourth-order valence-electron chi connectivity index (χ4n) is 2.37. The zero-order chi connectivity index (χ0) is 13.1. The molecule has 4 nitrogen and oxygen atoms in total. The van der Waals surface area contributed by atoms with Gasteiger partial charge in [0.1, 0.15) is 5.82 Å². The van der Waals surface area contributed by atoms with Crippen molar-refractivity contribution in [2.45, 2.75) is 19.8 Å². The molecule has 98 valence electrons. The standard InChI is InChI=1S/C13H18FN3O/c1-2-9-6-7-17(8-9)13(18)10-4-3-5-11(14)12(10)16-15/h3-5,9,16H,2,6-8,15H2,1H3. The van der Waals surface area contributed by atoms with E-state index >= 15 is 0 Å². The van der Waals surface area contributed by atoms with Crippen LogP contribution in [-0.4, -0.2) is 23.9 Å². The third-order valence-electron chi connectivity index (χ3n) is 3.54. The van der Waals surface area contributed by atoms with Gasteiger partial charge in [0.2, 0.25) is 0 Å². The van der Waals surface area contributed by atoms with Gasteiger partial charge in [-0.25, -0.2) is 4.39 Å². The van der Waals surface area contributed by atoms with E-state index in [1.54, 1.807) is 11.0 Å². The highest BCUT2D eigenvalue weighted by Gasteiger charge is 2.27. The van der Waals surface area contributed by atoms with Crippen LogP contribution in [0.15, 0.2) is 18.2 Å². The highest BCUT2D eigenvalue weighted by atomic mass is 19.1. The lowest BCUT2D eigenvalue weighted by Gasteiger charge is -2.18. The molecular formula is C13H18FN3O. The molecular weight excluding hydrogens is 233 g/mol. The van der Waals surface area contributed by atoms with Gasteiger partial charge in [0.05, 0.1) is 11.3 Å². The number of rotatable bonds is 3. The lowest BCUT2D eigenvalue weighted by atomic mass is 10.1. The molecule has 1 aromatic rings. The zero-order valence-electron chi connectivity index (χ0n) is 10.4. The first-order valence-corrected chi connectivity index (χ1v) is 6.21. The van der Waals surface area contributed by atoms with Crippen LogP contribution in [0.4, 0.5) is 10.1 Å². The van der Waals surface area contributed by atoms with Gasteiger partial charge in [-0.05, 0) is 24.5 Å². The van der Waals surface area contributed by atoms with E-state index in [1.165, 1.54) is 12.1 Å². The van der Waals surface area contributed by atoms with Crippen LogP contribution < -0.4 is 11.3 Å². The zero-order valence-corrected chi connectivity index (χ0v) is 10.4. The number of carbonyl (C=O) groups excluding carboxylic acids is 1. The van der Waals surface area contributed by atoms with Crippen LogP contribution in [0.25, 0.3) is 0 Å². The summed E-state index contributed by atoms with van der Waals surface area (Å²) < 4.78 is 13.5. The lowest BCUT2D eigenvalue weighted by molar-refractivity contribution is 0.0787. The molecule has 18 heavy (non-hydrogen) atoms. The van der Waals surface area contributed by atoms with Crippen LogP contribution in [0.3, 0.4) is 0 Å². The van der Waals surface area contributed by atoms with Crippen LogP contribution >= 0.6 is 0 Å². The second kappa shape index (κ2) is 5.35. The average Bonchev–Trinajstić information content (AvgIpc) is 2.86. The SMILES string of the molecule is CCC1CCN(C(=O)c2cccc(F)c2NN)C1. The maximum atomic E-state index is 13.5. The molecule has 2 rings (SSSR count). The summed E-state index contributed by atoms with van der Waals surface area (Å²) in [5, 5.41) is 0. The van der Waals surface area contributed by atoms with Crippen molar-refractivity contribution < 1.29 is 9.18 Å². The Kier molecular flexibility index (Phi) is 3.81. The number of likely N-dealkylation sites (tertiary alicyclic amines) is 1. The average molecular weight is 251 g/mol. The second-order valence-electron chi connectivity index (χ2n) is 4.62. The highest BCUT2D eigenvalue weighted by molar-refractivity contribution is 5.99. The Balaban J connectivity index is 2.22. The van der Waals surface area contributed by atoms with E-state index < -0.39 is 5.82 Å². The number of hydrogen-bond donors (Lipinski definition) is 2. The predicted octanol–water partition coefficient (Wildman–Crippen LogP) is 1.98. The van der Waals surface area contributed by atoms with Crippen molar-refractivity contribution in [3.63, 3.8) is 0 Å². The van der Waals surface area contributed by atoms with Gasteiger partial charge < -0.3 is 10.3 Å². The van der Waals surface area contributed by atoms with Gasteiger partial charge in [0.25, 0.3) is 5.91 Å². The fraction of sp³-hybridized carbons (Fsp3) is 0.462. The first-order chi connectivity index (χ1) is 8.67. The Morgan fingerprint density at radius 3 is 3.00 bits per heavy atom. The second-order valence-corrected chi connectivity index (χ2v) is 4.62. The molecule has 1 aromatic carbocycles. The summed E-state index contributed by atoms with van der Waals surface area (Å²) in [6.45, 7) is 3.60. The van der Waals surface area contributed by atoms with Crippen molar-refractivity contribution in [1.29, 1.82) is 0 Å². The number of halogens is 1. The maximum Gasteiger partial charge on any atom is 0.256 e. The molecule has 5 heteroatoms. The predicted molar refractivity (Wildman–Crippen MR) is 68.5 cm³/mol. The maximum absolute atomic E-state index is 13.5. The van der Waals surface area contributed by atoms with Gasteiger partial charge >= 0.3 is 0 Å². The van der Waals surface area contributed by atoms with Gasteiger partial charge in [0, 0.05) is 13.1 Å². The number of benzene rings is 1. The number of nitrogen functional groups attached to an aromatic ring is 1. The first kappa shape index (κ1) is 12.8. The summed E-state index contributed by atoms with van der Waals surface area (Å²) in [5.41, 5.74) is 2.64. The molecule has 0 radical (unpaired) electrons. The minimum Gasteiger partial charge on any atom is -0.338 e. The quantitative estimate of drug-likeness (QED) is 0.638. The van der Waals surface area contributed by atoms with Gasteiger partial charge in [-0.2, -0.15) is 0 Å². The van der Waals surface area contributed by atoms with Crippen LogP contribution in [0.1, 0.15) is 30.1 Å². The molecule has 1 unspecified atom stereocenters. The molecule has 0 aromatic heterocycles. The number of nitrogens with one attached hydrogen (secondary N) is 1. The van der Waals surface area contributed by atoms with E-state index in [0.717, 1.165) is 25.9 Å². The molecule has 0 spiro atoms. The van der Waals surface area contributed by atoms with E-state index in [9.17, 15) is 9.18 Å². The monoisotopic (exact) mass is 251 g/mol. The highest BCUT2D eigenvalue weighted by Crippen LogP contribution is 2.25. The summed E-state index contributed by atoms with van der Waals surface area (Å²) in [7, 11) is 0. The Hall–Kier alpha value is -1.62. The number of nitrogens with zero attached hydrogens (tertiary/aromatic N) is 1. The van der Waals surface area contributed by atoms with Gasteiger partial charge in [-0.1, -0.05) is 19.4 Å². The van der Waals surface area contributed by atoms with Crippen LogP contribution in [-0.2, 0) is 0 Å². The molecule has 1 aliphatic rings. The molecule has 0 bridgehead atoms. The fourth-order valence-corrected chi connectivity index (χ4v) is 2.37. The number of anilines is 1. The number of hydrazine groups is 1. The van der Waals surface area contributed by atoms with Crippen LogP contribution in [0, 0.1) is 11.7 Å². The summed E-state index contributed by atoms with van der Waals surface area (Å²) in [4.78, 5) is 14.1. The Labute approximate surface area is 106 Å². The van der Waals surface area contributed by atoms with E-state index in [1.807, 2.05) is 0 Å². The molecule has 1 aliphatic heterocycles. The van der Waals surface area contributed by atoms with Crippen molar-refractivity contribution in [2.24, 2.45) is 11.8 Å². The number of carbonyl (C=O) groups is 1. The molecule has 1 amide bonds. The normalized spacial score (nSPS) is 19.1. The Morgan fingerprint density at radius 2 is 2.39 bits per heavy atom. The van der Waals surface area contributed by atoms with Crippen LogP contribution in [0.2, 0.25) is 0 Å². The van der Waals surface area contributed by atoms with E-state index in [0.29, 0.717) is 11.5 Å². The molecule has 1 fully saturated rings. The molecule has 0 aliphatic carbocycles. The largest absolute Gasteiger partial charge is 0.338 e. The van der Waals surface area contributed by atoms with Crippen molar-refractivity contribution in [3.05, 3.63) is 29.6 Å². The van der Waals surface area contributed by atoms with Crippen molar-refractivity contribution >= 4 is 11.6 Å². The van der Waals surface area contributed by atoms with Crippen molar-refractivity contribution in [3.8, 4) is 0 Å². The number of para-hydroxylation sites is 1. The molecule has 3 N–H and O–H groups in total. The van der Waals surface area contributed by atoms with Gasteiger partial charge in [-0.3, -0.25) is 10.6 Å². The number of hydrogen-bond acceptors (Lipinski definition) is 3. The summed E-state index contributed by atoms with van der Waals surface area (Å²) in [6, 6.07) is 4.40. The topological polar surface area (TPSA) is 58.4 Å². The van der Waals surface area contributed by atoms with E-state index in [2.05, 4.69) is 12.3 Å². The Morgan fingerprint density at radius 1 is 1.61 bits per heavy atom. The molecule has 1 saturated heterocycles. The summed E-state index contributed by atoms with van der Waals surface area (Å²) >= 11 is 0. The minimum atomic E-state index is -0.505. The summed E-state index contributed by atoms with van der Waals surface area (Å²) in [5.74, 6) is 5.17. The number of amides is 1. The molecule has 1 heterocycles. The van der Waals surface area contributed by atoms with Gasteiger partial charge in [-0.15, -0.1) is 0 Å². The minimum absolute atomic E-state index is 0.0717. The van der Waals surface area contributed by atoms with E-state index in [4.69, 9.17) is 5.84 Å². The summed E-state index contributed by atoms with van der Waals surface area (Å²) in [6.07, 6.45) is 2.08. The molecule has 1 atom stereocenters. The van der Waals surface area contributed by atoms with Crippen molar-refractivity contribution in [1.82, 2.24) is 4.90 Å². The van der Waals surface area contributed by atoms with Crippen molar-refractivity contribution in [2.75, 3.05) is 18.5 Å². The molecule has 0 saturated carbocycles. The smallest absolute Gasteiger partial charge is 0.256 e. The van der Waals surface area contributed by atoms with Gasteiger partial charge in [0.15, 0.2) is 0 Å².